The average Bonchev–Trinajstić information content (AvgIpc) is 2.70. The normalized spacial score (nSPS) is 20.6. The Morgan fingerprint density at radius 2 is 2.16 bits per heavy atom. The van der Waals surface area contributed by atoms with Crippen LogP contribution < -0.4 is 0 Å². The summed E-state index contributed by atoms with van der Waals surface area (Å²) in [6, 6.07) is 1.67. The van der Waals surface area contributed by atoms with Crippen LogP contribution in [0.2, 0.25) is 0 Å². The van der Waals surface area contributed by atoms with Gasteiger partial charge in [-0.2, -0.15) is 16.1 Å². The van der Waals surface area contributed by atoms with Crippen LogP contribution in [0.4, 0.5) is 0 Å². The van der Waals surface area contributed by atoms with Crippen LogP contribution in [0.5, 0.6) is 0 Å². The van der Waals surface area contributed by atoms with Crippen molar-refractivity contribution in [1.29, 1.82) is 0 Å². The fourth-order valence-electron chi connectivity index (χ4n) is 2.08. The lowest BCUT2D eigenvalue weighted by Gasteiger charge is -2.36. The second-order valence-corrected chi connectivity index (χ2v) is 10.4. The minimum atomic E-state index is -3.42. The van der Waals surface area contributed by atoms with E-state index < -0.39 is 10.0 Å². The summed E-state index contributed by atoms with van der Waals surface area (Å²) in [4.78, 5) is 0.726. The van der Waals surface area contributed by atoms with E-state index in [1.807, 2.05) is 6.92 Å². The summed E-state index contributed by atoms with van der Waals surface area (Å²) >= 11 is 2.98. The second-order valence-electron chi connectivity index (χ2n) is 5.28. The van der Waals surface area contributed by atoms with E-state index in [0.29, 0.717) is 17.3 Å². The number of rotatable bonds is 3. The fourth-order valence-corrected chi connectivity index (χ4v) is 6.59. The van der Waals surface area contributed by atoms with Gasteiger partial charge in [0, 0.05) is 28.5 Å². The van der Waals surface area contributed by atoms with E-state index in [-0.39, 0.29) is 11.4 Å². The van der Waals surface area contributed by atoms with Gasteiger partial charge in [-0.3, -0.25) is 0 Å². The van der Waals surface area contributed by atoms with Gasteiger partial charge in [0.2, 0.25) is 0 Å². The molecule has 19 heavy (non-hydrogen) atoms. The van der Waals surface area contributed by atoms with Gasteiger partial charge in [0.15, 0.2) is 0 Å². The lowest BCUT2D eigenvalue weighted by atomic mass is 10.2. The number of thiophene rings is 1. The maximum atomic E-state index is 12.6. The molecule has 1 N–H and O–H groups in total. The van der Waals surface area contributed by atoms with E-state index in [4.69, 9.17) is 0 Å². The third-order valence-electron chi connectivity index (χ3n) is 3.13. The molecule has 2 heterocycles. The molecule has 0 bridgehead atoms. The zero-order chi connectivity index (χ0) is 14.3. The monoisotopic (exact) mass is 321 g/mol. The number of sulfonamides is 1. The smallest absolute Gasteiger partial charge is 0.252 e. The molecule has 1 aromatic rings. The van der Waals surface area contributed by atoms with Crippen LogP contribution in [0.1, 0.15) is 24.3 Å². The SMILES string of the molecule is Cc1cc(S(=O)(=O)N2CCSC(C)(C)C2)sc1CO. The van der Waals surface area contributed by atoms with Crippen LogP contribution in [0, 0.1) is 6.92 Å². The van der Waals surface area contributed by atoms with Crippen LogP contribution in [-0.2, 0) is 16.6 Å². The van der Waals surface area contributed by atoms with Crippen molar-refractivity contribution in [3.63, 3.8) is 0 Å². The van der Waals surface area contributed by atoms with Gasteiger partial charge in [0.25, 0.3) is 10.0 Å². The van der Waals surface area contributed by atoms with Gasteiger partial charge in [-0.1, -0.05) is 0 Å². The zero-order valence-electron chi connectivity index (χ0n) is 11.3. The number of aliphatic hydroxyl groups excluding tert-OH is 1. The van der Waals surface area contributed by atoms with Crippen molar-refractivity contribution in [2.45, 2.75) is 36.3 Å². The fraction of sp³-hybridized carbons (Fsp3) is 0.667. The summed E-state index contributed by atoms with van der Waals surface area (Å²) in [6.45, 7) is 6.95. The lowest BCUT2D eigenvalue weighted by Crippen LogP contribution is -2.45. The Morgan fingerprint density at radius 1 is 1.47 bits per heavy atom. The van der Waals surface area contributed by atoms with Gasteiger partial charge in [0.05, 0.1) is 6.61 Å². The predicted octanol–water partition coefficient (Wildman–Crippen LogP) is 2.06. The van der Waals surface area contributed by atoms with Gasteiger partial charge < -0.3 is 5.11 Å². The first-order valence-corrected chi connectivity index (χ1v) is 9.35. The maximum absolute atomic E-state index is 12.6. The molecule has 2 rings (SSSR count). The number of thioether (sulfide) groups is 1. The molecule has 1 fully saturated rings. The van der Waals surface area contributed by atoms with Crippen molar-refractivity contribution in [3.8, 4) is 0 Å². The number of hydrogen-bond acceptors (Lipinski definition) is 5. The molecular formula is C12H19NO3S3. The van der Waals surface area contributed by atoms with E-state index in [9.17, 15) is 13.5 Å². The Morgan fingerprint density at radius 3 is 2.68 bits per heavy atom. The molecule has 0 saturated carbocycles. The van der Waals surface area contributed by atoms with Crippen LogP contribution in [0.15, 0.2) is 10.3 Å². The Bertz CT molecular complexity index is 563. The summed E-state index contributed by atoms with van der Waals surface area (Å²) in [5, 5.41) is 9.19. The van der Waals surface area contributed by atoms with E-state index in [0.717, 1.165) is 16.2 Å². The molecule has 4 nitrogen and oxygen atoms in total. The summed E-state index contributed by atoms with van der Waals surface area (Å²) in [5.41, 5.74) is 0.844. The third-order valence-corrected chi connectivity index (χ3v) is 7.94. The highest BCUT2D eigenvalue weighted by Gasteiger charge is 2.35. The van der Waals surface area contributed by atoms with Crippen molar-refractivity contribution in [2.24, 2.45) is 0 Å². The first-order chi connectivity index (χ1) is 8.76. The van der Waals surface area contributed by atoms with Gasteiger partial charge >= 0.3 is 0 Å². The van der Waals surface area contributed by atoms with Gasteiger partial charge in [0.1, 0.15) is 4.21 Å². The molecule has 7 heteroatoms. The Kier molecular flexibility index (Phi) is 4.32. The average molecular weight is 321 g/mol. The Balaban J connectivity index is 2.31. The van der Waals surface area contributed by atoms with E-state index in [2.05, 4.69) is 13.8 Å². The Hall–Kier alpha value is -0.0800. The highest BCUT2D eigenvalue weighted by molar-refractivity contribution is 8.00. The summed E-state index contributed by atoms with van der Waals surface area (Å²) < 4.78 is 27.1. The molecule has 108 valence electrons. The van der Waals surface area contributed by atoms with E-state index in [1.165, 1.54) is 11.3 Å². The first-order valence-electron chi connectivity index (χ1n) is 6.10. The van der Waals surface area contributed by atoms with Crippen LogP contribution >= 0.6 is 23.1 Å². The Labute approximate surface area is 122 Å². The van der Waals surface area contributed by atoms with Gasteiger partial charge in [-0.15, -0.1) is 11.3 Å². The molecule has 0 spiro atoms. The highest BCUT2D eigenvalue weighted by Crippen LogP contribution is 2.34. The van der Waals surface area contributed by atoms with Crippen LogP contribution in [-0.4, -0.2) is 41.4 Å². The molecule has 0 radical (unpaired) electrons. The minimum Gasteiger partial charge on any atom is -0.391 e. The first kappa shape index (κ1) is 15.3. The number of aryl methyl sites for hydroxylation is 1. The molecule has 1 aliphatic heterocycles. The number of nitrogens with zero attached hydrogens (tertiary/aromatic N) is 1. The molecular weight excluding hydrogens is 302 g/mol. The van der Waals surface area contributed by atoms with E-state index >= 15 is 0 Å². The lowest BCUT2D eigenvalue weighted by molar-refractivity contribution is 0.285. The van der Waals surface area contributed by atoms with Crippen molar-refractivity contribution in [3.05, 3.63) is 16.5 Å². The quantitative estimate of drug-likeness (QED) is 0.926. The molecule has 1 aliphatic rings. The molecule has 0 atom stereocenters. The van der Waals surface area contributed by atoms with Gasteiger partial charge in [-0.25, -0.2) is 8.42 Å². The van der Waals surface area contributed by atoms with Crippen molar-refractivity contribution >= 4 is 33.1 Å². The van der Waals surface area contributed by atoms with Crippen molar-refractivity contribution in [1.82, 2.24) is 4.31 Å². The summed E-state index contributed by atoms with van der Waals surface area (Å²) in [7, 11) is -3.42. The van der Waals surface area contributed by atoms with Crippen molar-refractivity contribution in [2.75, 3.05) is 18.8 Å². The van der Waals surface area contributed by atoms with Crippen molar-refractivity contribution < 1.29 is 13.5 Å². The standard InChI is InChI=1S/C12H19NO3S3/c1-9-6-11(18-10(9)7-14)19(15,16)13-4-5-17-12(2,3)8-13/h6,14H,4-5,7-8H2,1-3H3. The molecule has 0 aliphatic carbocycles. The van der Waals surface area contributed by atoms with Crippen LogP contribution in [0.25, 0.3) is 0 Å². The number of aliphatic hydroxyl groups is 1. The van der Waals surface area contributed by atoms with Crippen LogP contribution in [0.3, 0.4) is 0 Å². The molecule has 0 unspecified atom stereocenters. The molecule has 0 amide bonds. The largest absolute Gasteiger partial charge is 0.391 e. The molecule has 1 saturated heterocycles. The molecule has 1 aromatic heterocycles. The van der Waals surface area contributed by atoms with Gasteiger partial charge in [-0.05, 0) is 32.4 Å². The minimum absolute atomic E-state index is 0.0442. The summed E-state index contributed by atoms with van der Waals surface area (Å²) in [6.07, 6.45) is 0. The topological polar surface area (TPSA) is 57.6 Å². The third kappa shape index (κ3) is 3.16. The zero-order valence-corrected chi connectivity index (χ0v) is 13.8. The second kappa shape index (κ2) is 5.37. The number of hydrogen-bond donors (Lipinski definition) is 1. The maximum Gasteiger partial charge on any atom is 0.252 e. The summed E-state index contributed by atoms with van der Waals surface area (Å²) in [5.74, 6) is 0.823. The highest BCUT2D eigenvalue weighted by atomic mass is 32.2. The predicted molar refractivity (Wildman–Crippen MR) is 80.3 cm³/mol. The van der Waals surface area contributed by atoms with E-state index in [1.54, 1.807) is 22.1 Å². The molecule has 0 aromatic carbocycles.